The summed E-state index contributed by atoms with van der Waals surface area (Å²) in [5, 5.41) is 0. The summed E-state index contributed by atoms with van der Waals surface area (Å²) in [7, 11) is 0. The van der Waals surface area contributed by atoms with E-state index in [1.807, 2.05) is 18.3 Å². The van der Waals surface area contributed by atoms with Gasteiger partial charge in [-0.25, -0.2) is 4.98 Å². The van der Waals surface area contributed by atoms with Gasteiger partial charge in [0.1, 0.15) is 11.6 Å². The molecule has 26 heavy (non-hydrogen) atoms. The molecule has 1 aliphatic rings. The third-order valence-electron chi connectivity index (χ3n) is 5.41. The van der Waals surface area contributed by atoms with E-state index in [2.05, 4.69) is 46.1 Å². The number of nitrogens with one attached hydrogen (secondary N) is 1. The Morgan fingerprint density at radius 2 is 1.92 bits per heavy atom. The van der Waals surface area contributed by atoms with Gasteiger partial charge < -0.3 is 4.98 Å². The Hall–Kier alpha value is -2.75. The number of hydrogen-bond donors (Lipinski definition) is 1. The van der Waals surface area contributed by atoms with E-state index in [4.69, 9.17) is 0 Å². The third-order valence-corrected chi connectivity index (χ3v) is 5.41. The Morgan fingerprint density at radius 3 is 2.62 bits per heavy atom. The summed E-state index contributed by atoms with van der Waals surface area (Å²) in [6, 6.07) is 12.6. The predicted molar refractivity (Wildman–Crippen MR) is 102 cm³/mol. The van der Waals surface area contributed by atoms with Crippen molar-refractivity contribution in [1.82, 2.24) is 15.0 Å². The second-order valence-electron chi connectivity index (χ2n) is 7.15. The highest BCUT2D eigenvalue weighted by Crippen LogP contribution is 2.28. The van der Waals surface area contributed by atoms with Gasteiger partial charge in [0.05, 0.1) is 0 Å². The first-order chi connectivity index (χ1) is 12.7. The van der Waals surface area contributed by atoms with Gasteiger partial charge in [0.2, 0.25) is 0 Å². The summed E-state index contributed by atoms with van der Waals surface area (Å²) >= 11 is 0. The minimum atomic E-state index is 0.230. The minimum absolute atomic E-state index is 0.230. The highest BCUT2D eigenvalue weighted by atomic mass is 16.1. The molecule has 1 aliphatic carbocycles. The topological polar surface area (TPSA) is 58.6 Å². The van der Waals surface area contributed by atoms with Crippen molar-refractivity contribution < 1.29 is 4.79 Å². The lowest BCUT2D eigenvalue weighted by molar-refractivity contribution is -0.120. The van der Waals surface area contributed by atoms with E-state index < -0.39 is 0 Å². The van der Waals surface area contributed by atoms with Crippen molar-refractivity contribution in [2.24, 2.45) is 5.92 Å². The Kier molecular flexibility index (Phi) is 4.65. The highest BCUT2D eigenvalue weighted by molar-refractivity contribution is 5.83. The van der Waals surface area contributed by atoms with Crippen LogP contribution >= 0.6 is 0 Å². The second kappa shape index (κ2) is 7.24. The van der Waals surface area contributed by atoms with Crippen LogP contribution in [0.25, 0.3) is 11.4 Å². The van der Waals surface area contributed by atoms with E-state index >= 15 is 0 Å². The number of benzene rings is 1. The average molecular weight is 345 g/mol. The summed E-state index contributed by atoms with van der Waals surface area (Å²) in [4.78, 5) is 23.8. The van der Waals surface area contributed by atoms with Gasteiger partial charge in [-0.3, -0.25) is 9.78 Å². The number of aromatic amines is 1. The average Bonchev–Trinajstić information content (AvgIpc) is 3.32. The lowest BCUT2D eigenvalue weighted by Gasteiger charge is -2.12. The monoisotopic (exact) mass is 345 g/mol. The molecule has 132 valence electrons. The fourth-order valence-electron chi connectivity index (χ4n) is 3.72. The SMILES string of the molecule is CC(c1ccc(CC2CCCC2=O)cc1)c1cnc(-c2ccncc2)[nH]1. The summed E-state index contributed by atoms with van der Waals surface area (Å²) in [5.74, 6) is 1.77. The van der Waals surface area contributed by atoms with Crippen LogP contribution in [0.3, 0.4) is 0 Å². The number of pyridine rings is 1. The van der Waals surface area contributed by atoms with Crippen LogP contribution in [0.1, 0.15) is 48.9 Å². The van der Waals surface area contributed by atoms with Gasteiger partial charge in [-0.2, -0.15) is 0 Å². The zero-order valence-electron chi connectivity index (χ0n) is 15.0. The van der Waals surface area contributed by atoms with Gasteiger partial charge in [0.15, 0.2) is 0 Å². The van der Waals surface area contributed by atoms with Crippen LogP contribution in [0.15, 0.2) is 55.0 Å². The molecule has 0 bridgehead atoms. The van der Waals surface area contributed by atoms with Crippen molar-refractivity contribution in [1.29, 1.82) is 0 Å². The van der Waals surface area contributed by atoms with E-state index in [9.17, 15) is 4.79 Å². The Bertz CT molecular complexity index is 883. The number of ketones is 1. The third kappa shape index (κ3) is 3.45. The lowest BCUT2D eigenvalue weighted by Crippen LogP contribution is -2.09. The molecule has 0 amide bonds. The van der Waals surface area contributed by atoms with Crippen LogP contribution in [0.5, 0.6) is 0 Å². The van der Waals surface area contributed by atoms with Crippen LogP contribution in [-0.2, 0) is 11.2 Å². The molecule has 3 aromatic rings. The summed E-state index contributed by atoms with van der Waals surface area (Å²) in [6.07, 6.45) is 9.19. The quantitative estimate of drug-likeness (QED) is 0.739. The van der Waals surface area contributed by atoms with E-state index in [-0.39, 0.29) is 11.8 Å². The molecular weight excluding hydrogens is 322 g/mol. The summed E-state index contributed by atoms with van der Waals surface area (Å²) in [6.45, 7) is 2.18. The van der Waals surface area contributed by atoms with Crippen LogP contribution in [-0.4, -0.2) is 20.7 Å². The minimum Gasteiger partial charge on any atom is -0.341 e. The molecule has 2 unspecified atom stereocenters. The van der Waals surface area contributed by atoms with Crippen LogP contribution < -0.4 is 0 Å². The van der Waals surface area contributed by atoms with Crippen LogP contribution in [0, 0.1) is 5.92 Å². The standard InChI is InChI=1S/C22H23N3O/c1-15(20-14-24-22(25-20)18-9-11-23-12-10-18)17-7-5-16(6-8-17)13-19-3-2-4-21(19)26/h5-12,14-15,19H,2-4,13H2,1H3,(H,24,25). The molecule has 2 heterocycles. The molecule has 1 fully saturated rings. The number of hydrogen-bond acceptors (Lipinski definition) is 3. The van der Waals surface area contributed by atoms with Crippen molar-refractivity contribution in [2.45, 2.75) is 38.5 Å². The maximum Gasteiger partial charge on any atom is 0.137 e. The molecule has 0 spiro atoms. The van der Waals surface area contributed by atoms with Crippen LogP contribution in [0.4, 0.5) is 0 Å². The number of carbonyl (C=O) groups excluding carboxylic acids is 1. The van der Waals surface area contributed by atoms with Gasteiger partial charge in [-0.15, -0.1) is 0 Å². The number of Topliss-reactive ketones (excluding diaryl/α,β-unsaturated/α-hetero) is 1. The molecule has 0 saturated heterocycles. The largest absolute Gasteiger partial charge is 0.341 e. The second-order valence-corrected chi connectivity index (χ2v) is 7.15. The number of rotatable bonds is 5. The van der Waals surface area contributed by atoms with E-state index in [1.165, 1.54) is 11.1 Å². The molecule has 2 aromatic heterocycles. The number of imidazole rings is 1. The van der Waals surface area contributed by atoms with Gasteiger partial charge in [-0.1, -0.05) is 31.2 Å². The molecule has 2 atom stereocenters. The fourth-order valence-corrected chi connectivity index (χ4v) is 3.72. The number of carbonyl (C=O) groups is 1. The summed E-state index contributed by atoms with van der Waals surface area (Å²) < 4.78 is 0. The fraction of sp³-hybridized carbons (Fsp3) is 0.318. The Balaban J connectivity index is 1.47. The molecule has 4 heteroatoms. The van der Waals surface area contributed by atoms with Gasteiger partial charge in [-0.05, 0) is 42.5 Å². The zero-order chi connectivity index (χ0) is 17.9. The van der Waals surface area contributed by atoms with E-state index in [1.54, 1.807) is 12.4 Å². The van der Waals surface area contributed by atoms with Crippen molar-refractivity contribution in [3.05, 3.63) is 71.8 Å². The van der Waals surface area contributed by atoms with Gasteiger partial charge in [0, 0.05) is 48.1 Å². The Labute approximate surface area is 153 Å². The molecule has 1 aromatic carbocycles. The smallest absolute Gasteiger partial charge is 0.137 e. The lowest BCUT2D eigenvalue weighted by atomic mass is 9.93. The number of aromatic nitrogens is 3. The van der Waals surface area contributed by atoms with E-state index in [0.717, 1.165) is 42.8 Å². The molecule has 4 rings (SSSR count). The normalized spacial score (nSPS) is 18.2. The Morgan fingerprint density at radius 1 is 1.15 bits per heavy atom. The highest BCUT2D eigenvalue weighted by Gasteiger charge is 2.24. The molecule has 4 nitrogen and oxygen atoms in total. The van der Waals surface area contributed by atoms with Crippen molar-refractivity contribution in [3.8, 4) is 11.4 Å². The first-order valence-corrected chi connectivity index (χ1v) is 9.27. The maximum atomic E-state index is 11.8. The van der Waals surface area contributed by atoms with Crippen molar-refractivity contribution >= 4 is 5.78 Å². The predicted octanol–water partition coefficient (Wildman–Crippen LogP) is 4.54. The summed E-state index contributed by atoms with van der Waals surface area (Å²) in [5.41, 5.74) is 4.63. The molecule has 1 saturated carbocycles. The first-order valence-electron chi connectivity index (χ1n) is 9.27. The van der Waals surface area contributed by atoms with Crippen molar-refractivity contribution in [3.63, 3.8) is 0 Å². The maximum absolute atomic E-state index is 11.8. The van der Waals surface area contributed by atoms with Crippen molar-refractivity contribution in [2.75, 3.05) is 0 Å². The molecule has 0 aliphatic heterocycles. The van der Waals surface area contributed by atoms with Crippen LogP contribution in [0.2, 0.25) is 0 Å². The number of nitrogens with zero attached hydrogens (tertiary/aromatic N) is 2. The van der Waals surface area contributed by atoms with E-state index in [0.29, 0.717) is 5.78 Å². The molecule has 0 radical (unpaired) electrons. The molecule has 1 N–H and O–H groups in total. The zero-order valence-corrected chi connectivity index (χ0v) is 15.0. The van der Waals surface area contributed by atoms with Gasteiger partial charge >= 0.3 is 0 Å². The molecular formula is C22H23N3O. The number of H-pyrrole nitrogens is 1. The first kappa shape index (κ1) is 16.7. The van der Waals surface area contributed by atoms with Gasteiger partial charge in [0.25, 0.3) is 0 Å².